The van der Waals surface area contributed by atoms with Gasteiger partial charge in [-0.3, -0.25) is 4.79 Å². The van der Waals surface area contributed by atoms with E-state index < -0.39 is 15.7 Å². The van der Waals surface area contributed by atoms with Crippen molar-refractivity contribution in [3.8, 4) is 6.07 Å². The van der Waals surface area contributed by atoms with Crippen molar-refractivity contribution >= 4 is 21.4 Å². The van der Waals surface area contributed by atoms with E-state index in [-0.39, 0.29) is 10.6 Å². The van der Waals surface area contributed by atoms with Gasteiger partial charge in [0.1, 0.15) is 0 Å². The van der Waals surface area contributed by atoms with Gasteiger partial charge in [-0.2, -0.15) is 5.26 Å². The first-order valence-corrected chi connectivity index (χ1v) is 7.91. The van der Waals surface area contributed by atoms with Gasteiger partial charge in [0.05, 0.1) is 22.2 Å². The van der Waals surface area contributed by atoms with Crippen LogP contribution in [-0.2, 0) is 9.84 Å². The number of nitrogens with zero attached hydrogens (tertiary/aromatic N) is 1. The summed E-state index contributed by atoms with van der Waals surface area (Å²) < 4.78 is 23.3. The highest BCUT2D eigenvalue weighted by Gasteiger charge is 2.15. The topological polar surface area (TPSA) is 87.0 Å². The maximum absolute atomic E-state index is 12.1. The lowest BCUT2D eigenvalue weighted by Crippen LogP contribution is -2.14. The van der Waals surface area contributed by atoms with E-state index in [2.05, 4.69) is 5.32 Å². The molecule has 0 aliphatic carbocycles. The third kappa shape index (κ3) is 3.46. The van der Waals surface area contributed by atoms with E-state index in [1.54, 1.807) is 12.1 Å². The molecular formula is C15H12N2O3S. The van der Waals surface area contributed by atoms with E-state index in [1.807, 2.05) is 6.07 Å². The van der Waals surface area contributed by atoms with E-state index >= 15 is 0 Å². The number of rotatable bonds is 3. The van der Waals surface area contributed by atoms with Crippen molar-refractivity contribution in [1.29, 1.82) is 5.26 Å². The van der Waals surface area contributed by atoms with Crippen LogP contribution in [0.4, 0.5) is 5.69 Å². The van der Waals surface area contributed by atoms with Crippen LogP contribution < -0.4 is 5.32 Å². The molecule has 0 fully saturated rings. The summed E-state index contributed by atoms with van der Waals surface area (Å²) >= 11 is 0. The van der Waals surface area contributed by atoms with Gasteiger partial charge in [0.15, 0.2) is 9.84 Å². The molecule has 0 aliphatic rings. The molecular weight excluding hydrogens is 288 g/mol. The second kappa shape index (κ2) is 5.77. The average molecular weight is 300 g/mol. The Hall–Kier alpha value is -2.65. The van der Waals surface area contributed by atoms with E-state index in [1.165, 1.54) is 36.4 Å². The van der Waals surface area contributed by atoms with Gasteiger partial charge in [-0.1, -0.05) is 12.1 Å². The molecule has 1 amide bonds. The number of nitrogens with one attached hydrogen (secondary N) is 1. The minimum atomic E-state index is -3.43. The highest BCUT2D eigenvalue weighted by Crippen LogP contribution is 2.21. The Balaban J connectivity index is 2.30. The molecule has 0 spiro atoms. The highest BCUT2D eigenvalue weighted by molar-refractivity contribution is 7.90. The molecule has 0 unspecified atom stereocenters. The maximum atomic E-state index is 12.1. The zero-order chi connectivity index (χ0) is 15.5. The van der Waals surface area contributed by atoms with E-state index in [9.17, 15) is 13.2 Å². The minimum absolute atomic E-state index is 0.0620. The first-order valence-electron chi connectivity index (χ1n) is 6.02. The molecule has 0 saturated heterocycles. The van der Waals surface area contributed by atoms with Crippen LogP contribution in [0, 0.1) is 11.3 Å². The Bertz CT molecular complexity index is 819. The Labute approximate surface area is 122 Å². The molecule has 0 saturated carbocycles. The van der Waals surface area contributed by atoms with Crippen LogP contribution in [-0.4, -0.2) is 20.6 Å². The fourth-order valence-electron chi connectivity index (χ4n) is 1.78. The summed E-state index contributed by atoms with van der Waals surface area (Å²) in [6.07, 6.45) is 1.08. The van der Waals surface area contributed by atoms with Gasteiger partial charge in [-0.05, 0) is 36.4 Å². The predicted octanol–water partition coefficient (Wildman–Crippen LogP) is 2.21. The maximum Gasteiger partial charge on any atom is 0.255 e. The number of hydrogen-bond acceptors (Lipinski definition) is 4. The third-order valence-corrected chi connectivity index (χ3v) is 3.97. The van der Waals surface area contributed by atoms with Crippen LogP contribution in [0.25, 0.3) is 0 Å². The minimum Gasteiger partial charge on any atom is -0.321 e. The number of nitriles is 1. The van der Waals surface area contributed by atoms with Crippen molar-refractivity contribution in [2.24, 2.45) is 0 Å². The Morgan fingerprint density at radius 3 is 2.29 bits per heavy atom. The van der Waals surface area contributed by atoms with Crippen LogP contribution >= 0.6 is 0 Å². The number of benzene rings is 2. The summed E-state index contributed by atoms with van der Waals surface area (Å²) in [5.74, 6) is -0.435. The molecule has 0 radical (unpaired) electrons. The summed E-state index contributed by atoms with van der Waals surface area (Å²) in [5, 5.41) is 11.3. The summed E-state index contributed by atoms with van der Waals surface area (Å²) in [7, 11) is -3.43. The molecule has 0 bridgehead atoms. The zero-order valence-electron chi connectivity index (χ0n) is 11.2. The molecule has 106 valence electrons. The van der Waals surface area contributed by atoms with Gasteiger partial charge in [-0.15, -0.1) is 0 Å². The van der Waals surface area contributed by atoms with E-state index in [0.29, 0.717) is 11.1 Å². The highest BCUT2D eigenvalue weighted by atomic mass is 32.2. The normalized spacial score (nSPS) is 10.7. The van der Waals surface area contributed by atoms with Crippen LogP contribution in [0.1, 0.15) is 15.9 Å². The number of anilines is 1. The van der Waals surface area contributed by atoms with Crippen LogP contribution in [0.2, 0.25) is 0 Å². The molecule has 6 heteroatoms. The van der Waals surface area contributed by atoms with Crippen molar-refractivity contribution in [2.45, 2.75) is 4.90 Å². The number of hydrogen-bond donors (Lipinski definition) is 1. The molecule has 0 aromatic heterocycles. The number of sulfone groups is 1. The van der Waals surface area contributed by atoms with Gasteiger partial charge >= 0.3 is 0 Å². The van der Waals surface area contributed by atoms with Crippen molar-refractivity contribution < 1.29 is 13.2 Å². The lowest BCUT2D eigenvalue weighted by Gasteiger charge is -2.09. The predicted molar refractivity (Wildman–Crippen MR) is 78.7 cm³/mol. The number of para-hydroxylation sites is 1. The zero-order valence-corrected chi connectivity index (χ0v) is 12.0. The smallest absolute Gasteiger partial charge is 0.255 e. The van der Waals surface area contributed by atoms with Crippen molar-refractivity contribution in [2.75, 3.05) is 11.6 Å². The fraction of sp³-hybridized carbons (Fsp3) is 0.0667. The van der Waals surface area contributed by atoms with Crippen molar-refractivity contribution in [3.63, 3.8) is 0 Å². The van der Waals surface area contributed by atoms with Gasteiger partial charge in [0.2, 0.25) is 0 Å². The Morgan fingerprint density at radius 2 is 1.71 bits per heavy atom. The van der Waals surface area contributed by atoms with Gasteiger partial charge in [-0.25, -0.2) is 8.42 Å². The third-order valence-electron chi connectivity index (χ3n) is 2.81. The molecule has 2 rings (SSSR count). The van der Waals surface area contributed by atoms with Crippen molar-refractivity contribution in [1.82, 2.24) is 0 Å². The number of carbonyl (C=O) groups is 1. The van der Waals surface area contributed by atoms with E-state index in [0.717, 1.165) is 6.26 Å². The molecule has 5 nitrogen and oxygen atoms in total. The summed E-state index contributed by atoms with van der Waals surface area (Å²) in [4.78, 5) is 12.2. The Kier molecular flexibility index (Phi) is 4.05. The SMILES string of the molecule is CS(=O)(=O)c1ccccc1NC(=O)c1ccc(C#N)cc1. The van der Waals surface area contributed by atoms with Crippen molar-refractivity contribution in [3.05, 3.63) is 59.7 Å². The molecule has 2 aromatic carbocycles. The first-order chi connectivity index (χ1) is 9.91. The van der Waals surface area contributed by atoms with Gasteiger partial charge in [0, 0.05) is 11.8 Å². The molecule has 21 heavy (non-hydrogen) atoms. The number of carbonyl (C=O) groups excluding carboxylic acids is 1. The van der Waals surface area contributed by atoms with Crippen LogP contribution in [0.15, 0.2) is 53.4 Å². The van der Waals surface area contributed by atoms with E-state index in [4.69, 9.17) is 5.26 Å². The Morgan fingerprint density at radius 1 is 1.10 bits per heavy atom. The largest absolute Gasteiger partial charge is 0.321 e. The molecule has 2 aromatic rings. The van der Waals surface area contributed by atoms with Crippen LogP contribution in [0.5, 0.6) is 0 Å². The summed E-state index contributed by atoms with van der Waals surface area (Å²) in [5.41, 5.74) is 1.02. The van der Waals surface area contributed by atoms with Gasteiger partial charge < -0.3 is 5.32 Å². The quantitative estimate of drug-likeness (QED) is 0.941. The monoisotopic (exact) mass is 300 g/mol. The second-order valence-corrected chi connectivity index (χ2v) is 6.40. The average Bonchev–Trinajstić information content (AvgIpc) is 2.47. The lowest BCUT2D eigenvalue weighted by atomic mass is 10.1. The number of amides is 1. The van der Waals surface area contributed by atoms with Crippen LogP contribution in [0.3, 0.4) is 0 Å². The standard InChI is InChI=1S/C15H12N2O3S/c1-21(19,20)14-5-3-2-4-13(14)17-15(18)12-8-6-11(10-16)7-9-12/h2-9H,1H3,(H,17,18). The first kappa shape index (κ1) is 14.8. The summed E-state index contributed by atoms with van der Waals surface area (Å²) in [6, 6.07) is 14.2. The summed E-state index contributed by atoms with van der Waals surface area (Å²) in [6.45, 7) is 0. The molecule has 1 N–H and O–H groups in total. The molecule has 0 heterocycles. The van der Waals surface area contributed by atoms with Gasteiger partial charge in [0.25, 0.3) is 5.91 Å². The molecule has 0 aliphatic heterocycles. The molecule has 0 atom stereocenters. The fourth-order valence-corrected chi connectivity index (χ4v) is 2.63. The lowest BCUT2D eigenvalue weighted by molar-refractivity contribution is 0.102. The second-order valence-electron chi connectivity index (χ2n) is 4.41.